The van der Waals surface area contributed by atoms with Crippen molar-refractivity contribution < 1.29 is 9.53 Å². The molecule has 0 spiro atoms. The van der Waals surface area contributed by atoms with E-state index >= 15 is 0 Å². The van der Waals surface area contributed by atoms with Gasteiger partial charge in [0, 0.05) is 17.5 Å². The smallest absolute Gasteiger partial charge is 0.338 e. The van der Waals surface area contributed by atoms with E-state index in [2.05, 4.69) is 25.9 Å². The maximum absolute atomic E-state index is 12.2. The summed E-state index contributed by atoms with van der Waals surface area (Å²) in [6, 6.07) is 16.7. The fraction of sp³-hybridized carbons (Fsp3) is 0.0556. The first-order valence-corrected chi connectivity index (χ1v) is 7.62. The van der Waals surface area contributed by atoms with Gasteiger partial charge in [-0.3, -0.25) is 0 Å². The standard InChI is InChI=1S/C18H14N6O2/c1-26-18(25)14-8-5-9-15(16(14)12-6-3-2-4-7-12)20-11-13(10-19)17-21-23-24-22-17/h2-9,11,20H,1H3,(H,21,22,23,24). The van der Waals surface area contributed by atoms with Crippen molar-refractivity contribution >= 4 is 17.2 Å². The maximum atomic E-state index is 12.2. The van der Waals surface area contributed by atoms with Crippen LogP contribution in [0.25, 0.3) is 16.7 Å². The highest BCUT2D eigenvalue weighted by molar-refractivity contribution is 6.01. The summed E-state index contributed by atoms with van der Waals surface area (Å²) >= 11 is 0. The number of carbonyl (C=O) groups is 1. The Balaban J connectivity index is 2.07. The number of H-pyrrole nitrogens is 1. The molecular formula is C18H14N6O2. The number of aromatic amines is 1. The number of ether oxygens (including phenoxy) is 1. The van der Waals surface area contributed by atoms with E-state index in [0.29, 0.717) is 16.8 Å². The molecule has 8 nitrogen and oxygen atoms in total. The molecule has 0 saturated carbocycles. The number of nitrogens with zero attached hydrogens (tertiary/aromatic N) is 4. The summed E-state index contributed by atoms with van der Waals surface area (Å²) in [5.74, 6) is -0.277. The van der Waals surface area contributed by atoms with Gasteiger partial charge in [0.2, 0.25) is 5.82 Å². The van der Waals surface area contributed by atoms with E-state index in [1.54, 1.807) is 18.2 Å². The lowest BCUT2D eigenvalue weighted by Gasteiger charge is -2.14. The topological polar surface area (TPSA) is 117 Å². The number of esters is 1. The minimum atomic E-state index is -0.449. The Kier molecular flexibility index (Phi) is 5.00. The van der Waals surface area contributed by atoms with Crippen molar-refractivity contribution in [2.75, 3.05) is 12.4 Å². The Hall–Kier alpha value is -3.99. The molecule has 3 aromatic rings. The third-order valence-corrected chi connectivity index (χ3v) is 3.61. The summed E-state index contributed by atoms with van der Waals surface area (Å²) < 4.78 is 4.89. The van der Waals surface area contributed by atoms with Crippen LogP contribution < -0.4 is 5.32 Å². The van der Waals surface area contributed by atoms with Crippen LogP contribution in [0.15, 0.2) is 54.7 Å². The molecule has 26 heavy (non-hydrogen) atoms. The molecule has 1 heterocycles. The zero-order valence-corrected chi connectivity index (χ0v) is 13.8. The molecule has 8 heteroatoms. The van der Waals surface area contributed by atoms with Gasteiger partial charge in [-0.05, 0) is 22.9 Å². The number of hydrogen-bond donors (Lipinski definition) is 2. The Morgan fingerprint density at radius 3 is 2.69 bits per heavy atom. The Morgan fingerprint density at radius 1 is 1.23 bits per heavy atom. The second kappa shape index (κ2) is 7.72. The number of anilines is 1. The molecule has 1 aromatic heterocycles. The van der Waals surface area contributed by atoms with Gasteiger partial charge in [-0.25, -0.2) is 4.79 Å². The summed E-state index contributed by atoms with van der Waals surface area (Å²) in [6.45, 7) is 0. The molecule has 0 atom stereocenters. The quantitative estimate of drug-likeness (QED) is 0.539. The van der Waals surface area contributed by atoms with Gasteiger partial charge in [-0.15, -0.1) is 10.2 Å². The first-order valence-electron chi connectivity index (χ1n) is 7.62. The van der Waals surface area contributed by atoms with E-state index in [4.69, 9.17) is 4.74 Å². The Bertz CT molecular complexity index is 975. The highest BCUT2D eigenvalue weighted by Gasteiger charge is 2.17. The van der Waals surface area contributed by atoms with Crippen molar-refractivity contribution in [3.8, 4) is 17.2 Å². The fourth-order valence-electron chi connectivity index (χ4n) is 2.44. The minimum Gasteiger partial charge on any atom is -0.465 e. The van der Waals surface area contributed by atoms with Crippen LogP contribution in [0, 0.1) is 11.3 Å². The molecule has 3 rings (SSSR count). The van der Waals surface area contributed by atoms with Gasteiger partial charge in [0.15, 0.2) is 0 Å². The number of allylic oxidation sites excluding steroid dienone is 1. The van der Waals surface area contributed by atoms with Crippen LogP contribution in [0.1, 0.15) is 16.2 Å². The van der Waals surface area contributed by atoms with Crippen LogP contribution in [0.4, 0.5) is 5.69 Å². The van der Waals surface area contributed by atoms with E-state index in [-0.39, 0.29) is 11.4 Å². The maximum Gasteiger partial charge on any atom is 0.338 e. The average Bonchev–Trinajstić information content (AvgIpc) is 3.23. The van der Waals surface area contributed by atoms with E-state index in [1.807, 2.05) is 36.4 Å². The molecule has 128 valence electrons. The van der Waals surface area contributed by atoms with Crippen molar-refractivity contribution in [3.63, 3.8) is 0 Å². The van der Waals surface area contributed by atoms with Crippen LogP contribution in [0.5, 0.6) is 0 Å². The number of rotatable bonds is 5. The molecule has 0 radical (unpaired) electrons. The predicted molar refractivity (Wildman–Crippen MR) is 94.6 cm³/mol. The number of aromatic nitrogens is 4. The molecule has 0 saturated heterocycles. The van der Waals surface area contributed by atoms with Crippen molar-refractivity contribution in [1.82, 2.24) is 20.6 Å². The second-order valence-corrected chi connectivity index (χ2v) is 5.14. The predicted octanol–water partition coefficient (Wildman–Crippen LogP) is 2.63. The van der Waals surface area contributed by atoms with Crippen LogP contribution in [-0.4, -0.2) is 33.7 Å². The van der Waals surface area contributed by atoms with Crippen molar-refractivity contribution in [1.29, 1.82) is 5.26 Å². The molecule has 0 unspecified atom stereocenters. The summed E-state index contributed by atoms with van der Waals surface area (Å²) in [5.41, 5.74) is 2.75. The van der Waals surface area contributed by atoms with E-state index in [9.17, 15) is 10.1 Å². The van der Waals surface area contributed by atoms with Gasteiger partial charge in [0.05, 0.1) is 12.7 Å². The van der Waals surface area contributed by atoms with Gasteiger partial charge >= 0.3 is 5.97 Å². The number of nitriles is 1. The summed E-state index contributed by atoms with van der Waals surface area (Å²) in [4.78, 5) is 12.2. The summed E-state index contributed by atoms with van der Waals surface area (Å²) in [7, 11) is 1.33. The lowest BCUT2D eigenvalue weighted by molar-refractivity contribution is 0.0601. The van der Waals surface area contributed by atoms with E-state index < -0.39 is 5.97 Å². The zero-order valence-electron chi connectivity index (χ0n) is 13.8. The van der Waals surface area contributed by atoms with Gasteiger partial charge in [0.25, 0.3) is 0 Å². The summed E-state index contributed by atoms with van der Waals surface area (Å²) in [5, 5.41) is 25.7. The Morgan fingerprint density at radius 2 is 2.04 bits per heavy atom. The van der Waals surface area contributed by atoms with E-state index in [1.165, 1.54) is 13.3 Å². The minimum absolute atomic E-state index is 0.172. The van der Waals surface area contributed by atoms with Crippen LogP contribution in [0.3, 0.4) is 0 Å². The lowest BCUT2D eigenvalue weighted by atomic mass is 9.97. The van der Waals surface area contributed by atoms with Crippen LogP contribution >= 0.6 is 0 Å². The molecular weight excluding hydrogens is 332 g/mol. The molecule has 0 amide bonds. The number of methoxy groups -OCH3 is 1. The zero-order chi connectivity index (χ0) is 18.4. The Labute approximate surface area is 149 Å². The third kappa shape index (κ3) is 3.42. The van der Waals surface area contributed by atoms with Gasteiger partial charge < -0.3 is 10.1 Å². The SMILES string of the molecule is COC(=O)c1cccc(NC=C(C#N)c2nn[nH]n2)c1-c1ccccc1. The van der Waals surface area contributed by atoms with Gasteiger partial charge in [-0.1, -0.05) is 36.4 Å². The fourth-order valence-corrected chi connectivity index (χ4v) is 2.44. The molecule has 0 aliphatic heterocycles. The van der Waals surface area contributed by atoms with Crippen molar-refractivity contribution in [2.24, 2.45) is 0 Å². The first-order chi connectivity index (χ1) is 12.7. The van der Waals surface area contributed by atoms with Crippen molar-refractivity contribution in [2.45, 2.75) is 0 Å². The van der Waals surface area contributed by atoms with Gasteiger partial charge in [-0.2, -0.15) is 10.5 Å². The molecule has 0 aliphatic carbocycles. The number of hydrogen-bond acceptors (Lipinski definition) is 7. The van der Waals surface area contributed by atoms with Crippen LogP contribution in [-0.2, 0) is 4.74 Å². The van der Waals surface area contributed by atoms with Gasteiger partial charge in [0.1, 0.15) is 11.6 Å². The molecule has 2 aromatic carbocycles. The molecule has 0 aliphatic rings. The number of carbonyl (C=O) groups excluding carboxylic acids is 1. The first kappa shape index (κ1) is 16.9. The lowest BCUT2D eigenvalue weighted by Crippen LogP contribution is -2.06. The second-order valence-electron chi connectivity index (χ2n) is 5.14. The molecule has 2 N–H and O–H groups in total. The van der Waals surface area contributed by atoms with E-state index in [0.717, 1.165) is 5.56 Å². The number of tetrazole rings is 1. The summed E-state index contributed by atoms with van der Waals surface area (Å²) in [6.07, 6.45) is 1.47. The monoisotopic (exact) mass is 346 g/mol. The average molecular weight is 346 g/mol. The third-order valence-electron chi connectivity index (χ3n) is 3.61. The number of nitrogens with one attached hydrogen (secondary N) is 2. The largest absolute Gasteiger partial charge is 0.465 e. The molecule has 0 fully saturated rings. The van der Waals surface area contributed by atoms with Crippen molar-refractivity contribution in [3.05, 3.63) is 66.1 Å². The highest BCUT2D eigenvalue weighted by atomic mass is 16.5. The van der Waals surface area contributed by atoms with Crippen LogP contribution in [0.2, 0.25) is 0 Å². The molecule has 0 bridgehead atoms. The number of benzene rings is 2. The highest BCUT2D eigenvalue weighted by Crippen LogP contribution is 2.32. The normalized spacial score (nSPS) is 10.8.